The fraction of sp³-hybridized carbons (Fsp3) is 0.692. The second-order valence-corrected chi connectivity index (χ2v) is 6.23. The van der Waals surface area contributed by atoms with E-state index in [1.54, 1.807) is 12.3 Å². The Hall–Kier alpha value is -1.01. The summed E-state index contributed by atoms with van der Waals surface area (Å²) >= 11 is 1.92. The maximum Gasteiger partial charge on any atom is 0.272 e. The van der Waals surface area contributed by atoms with E-state index < -0.39 is 0 Å². The molecule has 0 aliphatic carbocycles. The third-order valence-electron chi connectivity index (χ3n) is 3.76. The zero-order valence-electron chi connectivity index (χ0n) is 10.9. The first-order chi connectivity index (χ1) is 9.34. The average Bonchev–Trinajstić information content (AvgIpc) is 3.15. The van der Waals surface area contributed by atoms with Crippen molar-refractivity contribution in [2.75, 3.05) is 24.7 Å². The van der Waals surface area contributed by atoms with E-state index in [1.165, 1.54) is 0 Å². The predicted molar refractivity (Wildman–Crippen MR) is 74.3 cm³/mol. The van der Waals surface area contributed by atoms with Gasteiger partial charge in [0.1, 0.15) is 5.69 Å². The van der Waals surface area contributed by atoms with Crippen molar-refractivity contribution in [2.24, 2.45) is 0 Å². The maximum atomic E-state index is 12.6. The molecule has 1 aromatic heterocycles. The van der Waals surface area contributed by atoms with Crippen LogP contribution >= 0.6 is 11.8 Å². The number of hydrogen-bond donors (Lipinski definition) is 1. The van der Waals surface area contributed by atoms with Crippen LogP contribution in [0.3, 0.4) is 0 Å². The third kappa shape index (κ3) is 2.95. The molecule has 1 aromatic rings. The second kappa shape index (κ2) is 5.96. The highest BCUT2D eigenvalue weighted by Gasteiger charge is 2.31. The van der Waals surface area contributed by atoms with Crippen LogP contribution in [0.15, 0.2) is 12.3 Å². The minimum Gasteiger partial charge on any atom is -0.376 e. The van der Waals surface area contributed by atoms with E-state index in [-0.39, 0.29) is 12.0 Å². The van der Waals surface area contributed by atoms with Crippen LogP contribution in [0.1, 0.15) is 29.8 Å². The Morgan fingerprint density at radius 3 is 3.16 bits per heavy atom. The number of ether oxygens (including phenoxy) is 1. The summed E-state index contributed by atoms with van der Waals surface area (Å²) in [7, 11) is 0. The molecule has 1 amide bonds. The van der Waals surface area contributed by atoms with E-state index in [0.29, 0.717) is 18.3 Å². The summed E-state index contributed by atoms with van der Waals surface area (Å²) in [6.07, 6.45) is 5.08. The van der Waals surface area contributed by atoms with Gasteiger partial charge in [-0.25, -0.2) is 0 Å². The molecule has 1 N–H and O–H groups in total. The summed E-state index contributed by atoms with van der Waals surface area (Å²) in [5, 5.41) is 6.65. The Balaban J connectivity index is 1.72. The number of thioether (sulfide) groups is 1. The molecular weight excluding hydrogens is 262 g/mol. The number of carbonyl (C=O) groups is 1. The Kier molecular flexibility index (Phi) is 4.08. The molecular formula is C13H19N3O2S. The van der Waals surface area contributed by atoms with Crippen LogP contribution in [0.4, 0.5) is 0 Å². The van der Waals surface area contributed by atoms with E-state index in [2.05, 4.69) is 10.2 Å². The number of aromatic amines is 1. The molecule has 2 atom stereocenters. The zero-order valence-corrected chi connectivity index (χ0v) is 11.7. The molecule has 0 spiro atoms. The molecule has 19 heavy (non-hydrogen) atoms. The summed E-state index contributed by atoms with van der Waals surface area (Å²) in [4.78, 5) is 14.6. The Labute approximate surface area is 117 Å². The number of rotatable bonds is 4. The summed E-state index contributed by atoms with van der Waals surface area (Å²) < 4.78 is 5.68. The van der Waals surface area contributed by atoms with Gasteiger partial charge in [-0.15, -0.1) is 0 Å². The third-order valence-corrected chi connectivity index (χ3v) is 4.91. The fourth-order valence-corrected chi connectivity index (χ4v) is 3.93. The molecule has 2 aliphatic rings. The highest BCUT2D eigenvalue weighted by atomic mass is 32.2. The highest BCUT2D eigenvalue weighted by molar-refractivity contribution is 7.99. The first-order valence-electron chi connectivity index (χ1n) is 6.84. The monoisotopic (exact) mass is 281 g/mol. The lowest BCUT2D eigenvalue weighted by molar-refractivity contribution is 0.0437. The lowest BCUT2D eigenvalue weighted by Gasteiger charge is -2.30. The molecule has 0 bridgehead atoms. The number of H-pyrrole nitrogens is 1. The molecule has 104 valence electrons. The Morgan fingerprint density at radius 2 is 2.53 bits per heavy atom. The number of nitrogens with zero attached hydrogens (tertiary/aromatic N) is 2. The van der Waals surface area contributed by atoms with Crippen molar-refractivity contribution in [1.82, 2.24) is 15.1 Å². The van der Waals surface area contributed by atoms with Gasteiger partial charge in [0.25, 0.3) is 5.91 Å². The van der Waals surface area contributed by atoms with Gasteiger partial charge < -0.3 is 9.64 Å². The molecule has 2 saturated heterocycles. The lowest BCUT2D eigenvalue weighted by Crippen LogP contribution is -2.44. The molecule has 0 aromatic carbocycles. The van der Waals surface area contributed by atoms with Gasteiger partial charge in [-0.05, 0) is 31.1 Å². The standard InChI is InChI=1S/C13H19N3O2S/c17-13(12-3-5-14-15-12)16(10-4-7-19-9-10)8-11-2-1-6-18-11/h3,5,10-11H,1-2,4,6-9H2,(H,14,15). The highest BCUT2D eigenvalue weighted by Crippen LogP contribution is 2.25. The van der Waals surface area contributed by atoms with Crippen LogP contribution in [0.5, 0.6) is 0 Å². The van der Waals surface area contributed by atoms with Crippen molar-refractivity contribution in [3.63, 3.8) is 0 Å². The minimum absolute atomic E-state index is 0.0560. The van der Waals surface area contributed by atoms with Gasteiger partial charge in [-0.3, -0.25) is 9.89 Å². The van der Waals surface area contributed by atoms with Crippen molar-refractivity contribution < 1.29 is 9.53 Å². The summed E-state index contributed by atoms with van der Waals surface area (Å²) in [6.45, 7) is 1.54. The van der Waals surface area contributed by atoms with Crippen LogP contribution < -0.4 is 0 Å². The largest absolute Gasteiger partial charge is 0.376 e. The second-order valence-electron chi connectivity index (χ2n) is 5.08. The molecule has 5 nitrogen and oxygen atoms in total. The maximum absolute atomic E-state index is 12.6. The van der Waals surface area contributed by atoms with E-state index in [1.807, 2.05) is 16.7 Å². The zero-order chi connectivity index (χ0) is 13.1. The van der Waals surface area contributed by atoms with Crippen molar-refractivity contribution in [3.05, 3.63) is 18.0 Å². The smallest absolute Gasteiger partial charge is 0.272 e. The normalized spacial score (nSPS) is 26.7. The van der Waals surface area contributed by atoms with Crippen LogP contribution in [0.25, 0.3) is 0 Å². The van der Waals surface area contributed by atoms with Gasteiger partial charge in [0.05, 0.1) is 6.10 Å². The van der Waals surface area contributed by atoms with E-state index in [0.717, 1.165) is 37.4 Å². The molecule has 2 aliphatic heterocycles. The van der Waals surface area contributed by atoms with Crippen molar-refractivity contribution in [3.8, 4) is 0 Å². The number of nitrogens with one attached hydrogen (secondary N) is 1. The Morgan fingerprint density at radius 1 is 1.58 bits per heavy atom. The number of amides is 1. The molecule has 6 heteroatoms. The van der Waals surface area contributed by atoms with E-state index in [4.69, 9.17) is 4.74 Å². The van der Waals surface area contributed by atoms with Crippen LogP contribution in [-0.2, 0) is 4.74 Å². The van der Waals surface area contributed by atoms with Gasteiger partial charge in [0.2, 0.25) is 0 Å². The number of aromatic nitrogens is 2. The summed E-state index contributed by atoms with van der Waals surface area (Å²) in [5.41, 5.74) is 0.579. The van der Waals surface area contributed by atoms with Gasteiger partial charge in [-0.2, -0.15) is 16.9 Å². The fourth-order valence-electron chi connectivity index (χ4n) is 2.70. The quantitative estimate of drug-likeness (QED) is 0.909. The molecule has 3 rings (SSSR count). The molecule has 0 radical (unpaired) electrons. The van der Waals surface area contributed by atoms with Gasteiger partial charge >= 0.3 is 0 Å². The first-order valence-corrected chi connectivity index (χ1v) is 8.00. The first kappa shape index (κ1) is 13.0. The topological polar surface area (TPSA) is 58.2 Å². The van der Waals surface area contributed by atoms with Crippen LogP contribution in [0, 0.1) is 0 Å². The van der Waals surface area contributed by atoms with Crippen molar-refractivity contribution >= 4 is 17.7 Å². The molecule has 0 saturated carbocycles. The number of carbonyl (C=O) groups excluding carboxylic acids is 1. The molecule has 3 heterocycles. The minimum atomic E-state index is 0.0560. The summed E-state index contributed by atoms with van der Waals surface area (Å²) in [5.74, 6) is 2.23. The molecule has 2 fully saturated rings. The van der Waals surface area contributed by atoms with Gasteiger partial charge in [0, 0.05) is 31.1 Å². The average molecular weight is 281 g/mol. The van der Waals surface area contributed by atoms with E-state index in [9.17, 15) is 4.79 Å². The molecule has 2 unspecified atom stereocenters. The van der Waals surface area contributed by atoms with Crippen molar-refractivity contribution in [2.45, 2.75) is 31.4 Å². The van der Waals surface area contributed by atoms with E-state index >= 15 is 0 Å². The Bertz CT molecular complexity index is 412. The van der Waals surface area contributed by atoms with Crippen molar-refractivity contribution in [1.29, 1.82) is 0 Å². The SMILES string of the molecule is O=C(c1ccn[nH]1)N(CC1CCCO1)C1CCSC1. The van der Waals surface area contributed by atoms with Crippen LogP contribution in [0.2, 0.25) is 0 Å². The number of hydrogen-bond acceptors (Lipinski definition) is 4. The van der Waals surface area contributed by atoms with Gasteiger partial charge in [-0.1, -0.05) is 0 Å². The summed E-state index contributed by atoms with van der Waals surface area (Å²) in [6, 6.07) is 2.08. The van der Waals surface area contributed by atoms with Gasteiger partial charge in [0.15, 0.2) is 0 Å². The van der Waals surface area contributed by atoms with Crippen LogP contribution in [-0.4, -0.2) is 57.8 Å². The lowest BCUT2D eigenvalue weighted by atomic mass is 10.1. The predicted octanol–water partition coefficient (Wildman–Crippen LogP) is 1.54.